The minimum Gasteiger partial charge on any atom is -0.444 e. The molecular weight excluding hydrogens is 368 g/mol. The van der Waals surface area contributed by atoms with Crippen LogP contribution in [0.25, 0.3) is 11.5 Å². The fourth-order valence-electron chi connectivity index (χ4n) is 2.42. The molecular formula is C20H19ClN2O2S. The molecule has 1 N–H and O–H groups in total. The Hall–Kier alpha value is -2.24. The van der Waals surface area contributed by atoms with Crippen LogP contribution in [-0.4, -0.2) is 16.6 Å². The maximum absolute atomic E-state index is 12.1. The largest absolute Gasteiger partial charge is 0.444 e. The molecule has 0 radical (unpaired) electrons. The van der Waals surface area contributed by atoms with Crippen molar-refractivity contribution in [3.63, 3.8) is 0 Å². The Labute approximate surface area is 162 Å². The normalized spacial score (nSPS) is 10.7. The van der Waals surface area contributed by atoms with Crippen molar-refractivity contribution in [2.45, 2.75) is 19.6 Å². The molecule has 0 aliphatic rings. The third-order valence-corrected chi connectivity index (χ3v) is 5.22. The van der Waals surface area contributed by atoms with Gasteiger partial charge in [-0.2, -0.15) is 0 Å². The molecule has 0 saturated heterocycles. The van der Waals surface area contributed by atoms with Gasteiger partial charge in [0.2, 0.25) is 11.8 Å². The quantitative estimate of drug-likeness (QED) is 0.609. The SMILES string of the molecule is Cc1cccc(NC(=O)CSCc2coc(-c3ccc(Cl)cc3)n2)c1C. The second kappa shape index (κ2) is 8.43. The Morgan fingerprint density at radius 3 is 2.73 bits per heavy atom. The molecule has 0 bridgehead atoms. The van der Waals surface area contributed by atoms with Crippen molar-refractivity contribution in [3.05, 3.63) is 70.6 Å². The van der Waals surface area contributed by atoms with Crippen molar-refractivity contribution in [3.8, 4) is 11.5 Å². The summed E-state index contributed by atoms with van der Waals surface area (Å²) in [5, 5.41) is 3.63. The summed E-state index contributed by atoms with van der Waals surface area (Å²) in [6, 6.07) is 13.2. The predicted molar refractivity (Wildman–Crippen MR) is 108 cm³/mol. The number of benzene rings is 2. The van der Waals surface area contributed by atoms with Gasteiger partial charge in [-0.05, 0) is 55.3 Å². The minimum absolute atomic E-state index is 0.0230. The number of anilines is 1. The van der Waals surface area contributed by atoms with Crippen LogP contribution < -0.4 is 5.32 Å². The summed E-state index contributed by atoms with van der Waals surface area (Å²) >= 11 is 7.39. The van der Waals surface area contributed by atoms with Gasteiger partial charge in [-0.15, -0.1) is 11.8 Å². The van der Waals surface area contributed by atoms with Crippen molar-refractivity contribution < 1.29 is 9.21 Å². The van der Waals surface area contributed by atoms with E-state index in [0.29, 0.717) is 22.4 Å². The standard InChI is InChI=1S/C20H19ClN2O2S/c1-13-4-3-5-18(14(13)2)23-19(24)12-26-11-17-10-25-20(22-17)15-6-8-16(21)9-7-15/h3-10H,11-12H2,1-2H3,(H,23,24). The molecule has 134 valence electrons. The highest BCUT2D eigenvalue weighted by Crippen LogP contribution is 2.23. The van der Waals surface area contributed by atoms with E-state index >= 15 is 0 Å². The highest BCUT2D eigenvalue weighted by molar-refractivity contribution is 7.99. The zero-order chi connectivity index (χ0) is 18.5. The highest BCUT2D eigenvalue weighted by atomic mass is 35.5. The van der Waals surface area contributed by atoms with Gasteiger partial charge in [0.25, 0.3) is 0 Å². The molecule has 1 amide bonds. The van der Waals surface area contributed by atoms with Crippen LogP contribution in [0.1, 0.15) is 16.8 Å². The van der Waals surface area contributed by atoms with E-state index in [9.17, 15) is 4.79 Å². The van der Waals surface area contributed by atoms with Crippen LogP contribution in [0.2, 0.25) is 5.02 Å². The fourth-order valence-corrected chi connectivity index (χ4v) is 3.25. The van der Waals surface area contributed by atoms with Gasteiger partial charge in [-0.25, -0.2) is 4.98 Å². The molecule has 0 atom stereocenters. The Balaban J connectivity index is 1.51. The number of nitrogens with zero attached hydrogens (tertiary/aromatic N) is 1. The smallest absolute Gasteiger partial charge is 0.234 e. The number of nitrogens with one attached hydrogen (secondary N) is 1. The minimum atomic E-state index is -0.0230. The molecule has 3 rings (SSSR count). The molecule has 6 heteroatoms. The van der Waals surface area contributed by atoms with Crippen LogP contribution in [0.4, 0.5) is 5.69 Å². The topological polar surface area (TPSA) is 55.1 Å². The Kier molecular flexibility index (Phi) is 6.01. The number of hydrogen-bond donors (Lipinski definition) is 1. The summed E-state index contributed by atoms with van der Waals surface area (Å²) in [5.74, 6) is 1.50. The maximum Gasteiger partial charge on any atom is 0.234 e. The number of halogens is 1. The molecule has 0 aliphatic carbocycles. The molecule has 0 spiro atoms. The zero-order valence-electron chi connectivity index (χ0n) is 14.6. The Morgan fingerprint density at radius 2 is 1.96 bits per heavy atom. The first kappa shape index (κ1) is 18.5. The van der Waals surface area contributed by atoms with Gasteiger partial charge in [0.1, 0.15) is 6.26 Å². The van der Waals surface area contributed by atoms with Gasteiger partial charge in [-0.3, -0.25) is 4.79 Å². The number of thioether (sulfide) groups is 1. The predicted octanol–water partition coefficient (Wildman–Crippen LogP) is 5.48. The van der Waals surface area contributed by atoms with Gasteiger partial charge in [-0.1, -0.05) is 23.7 Å². The molecule has 1 heterocycles. The van der Waals surface area contributed by atoms with Crippen molar-refractivity contribution in [1.29, 1.82) is 0 Å². The lowest BCUT2D eigenvalue weighted by Crippen LogP contribution is -2.15. The summed E-state index contributed by atoms with van der Waals surface area (Å²) in [7, 11) is 0. The average molecular weight is 387 g/mol. The fraction of sp³-hybridized carbons (Fsp3) is 0.200. The van der Waals surface area contributed by atoms with E-state index in [-0.39, 0.29) is 5.91 Å². The first-order valence-corrected chi connectivity index (χ1v) is 9.70. The number of oxazole rings is 1. The number of rotatable bonds is 6. The summed E-state index contributed by atoms with van der Waals surface area (Å²) in [6.45, 7) is 4.04. The second-order valence-electron chi connectivity index (χ2n) is 5.94. The first-order chi connectivity index (χ1) is 12.5. The molecule has 0 saturated carbocycles. The molecule has 3 aromatic rings. The van der Waals surface area contributed by atoms with Crippen LogP contribution in [0.5, 0.6) is 0 Å². The van der Waals surface area contributed by atoms with Crippen LogP contribution in [0.15, 0.2) is 53.1 Å². The summed E-state index contributed by atoms with van der Waals surface area (Å²) in [5.41, 5.74) is 4.79. The number of amides is 1. The van der Waals surface area contributed by atoms with E-state index in [0.717, 1.165) is 28.1 Å². The monoisotopic (exact) mass is 386 g/mol. The van der Waals surface area contributed by atoms with Crippen LogP contribution in [-0.2, 0) is 10.5 Å². The third kappa shape index (κ3) is 4.68. The molecule has 0 aliphatic heterocycles. The van der Waals surface area contributed by atoms with Crippen LogP contribution in [0.3, 0.4) is 0 Å². The average Bonchev–Trinajstić information content (AvgIpc) is 3.08. The van der Waals surface area contributed by atoms with E-state index in [4.69, 9.17) is 16.0 Å². The van der Waals surface area contributed by atoms with E-state index < -0.39 is 0 Å². The van der Waals surface area contributed by atoms with E-state index in [2.05, 4.69) is 10.3 Å². The van der Waals surface area contributed by atoms with Crippen molar-refractivity contribution in [2.75, 3.05) is 11.1 Å². The van der Waals surface area contributed by atoms with Crippen molar-refractivity contribution in [2.24, 2.45) is 0 Å². The molecule has 1 aromatic heterocycles. The lowest BCUT2D eigenvalue weighted by atomic mass is 10.1. The summed E-state index contributed by atoms with van der Waals surface area (Å²) in [6.07, 6.45) is 1.62. The second-order valence-corrected chi connectivity index (χ2v) is 7.36. The van der Waals surface area contributed by atoms with Crippen molar-refractivity contribution >= 4 is 35.0 Å². The Bertz CT molecular complexity index is 906. The molecule has 2 aromatic carbocycles. The van der Waals surface area contributed by atoms with E-state index in [1.807, 2.05) is 44.2 Å². The van der Waals surface area contributed by atoms with E-state index in [1.165, 1.54) is 11.8 Å². The van der Waals surface area contributed by atoms with Gasteiger partial charge in [0.05, 0.1) is 11.4 Å². The van der Waals surface area contributed by atoms with Gasteiger partial charge in [0.15, 0.2) is 0 Å². The Morgan fingerprint density at radius 1 is 1.19 bits per heavy atom. The number of aromatic nitrogens is 1. The number of carbonyl (C=O) groups is 1. The highest BCUT2D eigenvalue weighted by Gasteiger charge is 2.09. The van der Waals surface area contributed by atoms with Gasteiger partial charge < -0.3 is 9.73 Å². The lowest BCUT2D eigenvalue weighted by Gasteiger charge is -2.09. The number of hydrogen-bond acceptors (Lipinski definition) is 4. The summed E-state index contributed by atoms with van der Waals surface area (Å²) < 4.78 is 5.50. The molecule has 26 heavy (non-hydrogen) atoms. The van der Waals surface area contributed by atoms with Crippen LogP contribution in [0, 0.1) is 13.8 Å². The zero-order valence-corrected chi connectivity index (χ0v) is 16.2. The van der Waals surface area contributed by atoms with Gasteiger partial charge in [0, 0.05) is 22.0 Å². The first-order valence-electron chi connectivity index (χ1n) is 8.17. The molecule has 0 unspecified atom stereocenters. The van der Waals surface area contributed by atoms with Gasteiger partial charge >= 0.3 is 0 Å². The van der Waals surface area contributed by atoms with E-state index in [1.54, 1.807) is 18.4 Å². The number of carbonyl (C=O) groups excluding carboxylic acids is 1. The van der Waals surface area contributed by atoms with Crippen molar-refractivity contribution in [1.82, 2.24) is 4.98 Å². The maximum atomic E-state index is 12.1. The molecule has 0 fully saturated rings. The molecule has 4 nitrogen and oxygen atoms in total. The van der Waals surface area contributed by atoms with Crippen LogP contribution >= 0.6 is 23.4 Å². The third-order valence-electron chi connectivity index (χ3n) is 4.00. The lowest BCUT2D eigenvalue weighted by molar-refractivity contribution is -0.113. The summed E-state index contributed by atoms with van der Waals surface area (Å²) in [4.78, 5) is 16.6. The number of aryl methyl sites for hydroxylation is 1.